The smallest absolute Gasteiger partial charge is 0.363 e. The fourth-order valence-corrected chi connectivity index (χ4v) is 3.64. The van der Waals surface area contributed by atoms with E-state index in [9.17, 15) is 4.79 Å². The van der Waals surface area contributed by atoms with Crippen LogP contribution >= 0.6 is 23.2 Å². The van der Waals surface area contributed by atoms with E-state index in [0.717, 1.165) is 16.7 Å². The number of hydrogen-bond acceptors (Lipinski definition) is 5. The summed E-state index contributed by atoms with van der Waals surface area (Å²) in [5.41, 5.74) is 3.58. The van der Waals surface area contributed by atoms with Crippen LogP contribution < -0.4 is 9.47 Å². The number of rotatable bonds is 7. The quantitative estimate of drug-likeness (QED) is 0.280. The van der Waals surface area contributed by atoms with Gasteiger partial charge in [-0.2, -0.15) is 0 Å². The summed E-state index contributed by atoms with van der Waals surface area (Å²) in [6, 6.07) is 18.4. The van der Waals surface area contributed by atoms with Crippen molar-refractivity contribution in [2.24, 2.45) is 4.99 Å². The lowest BCUT2D eigenvalue weighted by Crippen LogP contribution is -2.06. The van der Waals surface area contributed by atoms with Gasteiger partial charge in [0.1, 0.15) is 6.61 Å². The van der Waals surface area contributed by atoms with Gasteiger partial charge in [-0.25, -0.2) is 9.79 Å². The van der Waals surface area contributed by atoms with Gasteiger partial charge < -0.3 is 14.2 Å². The van der Waals surface area contributed by atoms with Crippen molar-refractivity contribution in [2.45, 2.75) is 20.5 Å². The standard InChI is InChI=1S/C26H21Cl2NO4/c1-3-31-24-13-17(8-11-23(24)32-15-18-7-5-4-6-16(18)2)12-22-26(30)33-25(29-22)20-14-19(27)9-10-21(20)28/h4-14H,3,15H2,1-2H3. The first-order chi connectivity index (χ1) is 15.9. The van der Waals surface area contributed by atoms with E-state index in [2.05, 4.69) is 4.99 Å². The fourth-order valence-electron chi connectivity index (χ4n) is 3.27. The molecule has 0 saturated carbocycles. The Morgan fingerprint density at radius 1 is 1.00 bits per heavy atom. The highest BCUT2D eigenvalue weighted by Crippen LogP contribution is 2.32. The molecule has 0 fully saturated rings. The van der Waals surface area contributed by atoms with E-state index >= 15 is 0 Å². The van der Waals surface area contributed by atoms with Gasteiger partial charge in [0.05, 0.1) is 17.2 Å². The van der Waals surface area contributed by atoms with Crippen molar-refractivity contribution in [3.05, 3.63) is 98.7 Å². The largest absolute Gasteiger partial charge is 0.490 e. The maximum absolute atomic E-state index is 12.4. The van der Waals surface area contributed by atoms with Crippen molar-refractivity contribution in [3.8, 4) is 11.5 Å². The molecule has 7 heteroatoms. The van der Waals surface area contributed by atoms with Gasteiger partial charge in [0.2, 0.25) is 5.90 Å². The number of halogens is 2. The van der Waals surface area contributed by atoms with Gasteiger partial charge >= 0.3 is 5.97 Å². The van der Waals surface area contributed by atoms with E-state index in [-0.39, 0.29) is 11.6 Å². The second-order valence-electron chi connectivity index (χ2n) is 7.31. The molecule has 0 aromatic heterocycles. The minimum absolute atomic E-state index is 0.113. The predicted octanol–water partition coefficient (Wildman–Crippen LogP) is 6.62. The minimum atomic E-state index is -0.570. The molecule has 0 amide bonds. The normalized spacial score (nSPS) is 14.2. The molecule has 0 atom stereocenters. The molecule has 0 unspecified atom stereocenters. The Balaban J connectivity index is 1.59. The molecule has 168 valence electrons. The number of nitrogens with zero attached hydrogens (tertiary/aromatic N) is 1. The van der Waals surface area contributed by atoms with Gasteiger partial charge in [-0.15, -0.1) is 0 Å². The third kappa shape index (κ3) is 5.38. The van der Waals surface area contributed by atoms with Crippen LogP contribution in [0.1, 0.15) is 29.2 Å². The Morgan fingerprint density at radius 2 is 1.82 bits per heavy atom. The summed E-state index contributed by atoms with van der Waals surface area (Å²) in [4.78, 5) is 16.7. The van der Waals surface area contributed by atoms with Crippen LogP contribution in [-0.2, 0) is 16.1 Å². The first kappa shape index (κ1) is 22.9. The first-order valence-corrected chi connectivity index (χ1v) is 11.1. The molecule has 5 nitrogen and oxygen atoms in total. The van der Waals surface area contributed by atoms with Crippen LogP contribution in [0.3, 0.4) is 0 Å². The van der Waals surface area contributed by atoms with Gasteiger partial charge in [-0.05, 0) is 66.9 Å². The zero-order valence-corrected chi connectivity index (χ0v) is 19.6. The van der Waals surface area contributed by atoms with Crippen LogP contribution in [0.4, 0.5) is 0 Å². The lowest BCUT2D eigenvalue weighted by atomic mass is 10.1. The maximum atomic E-state index is 12.4. The molecule has 4 rings (SSSR count). The summed E-state index contributed by atoms with van der Waals surface area (Å²) in [7, 11) is 0. The molecule has 3 aromatic carbocycles. The van der Waals surface area contributed by atoms with Gasteiger partial charge in [0.15, 0.2) is 17.2 Å². The van der Waals surface area contributed by atoms with Gasteiger partial charge in [-0.3, -0.25) is 0 Å². The molecule has 0 spiro atoms. The molecule has 0 N–H and O–H groups in total. The number of hydrogen-bond donors (Lipinski definition) is 0. The number of carbonyl (C=O) groups excluding carboxylic acids is 1. The average Bonchev–Trinajstić information content (AvgIpc) is 3.16. The Kier molecular flexibility index (Phi) is 7.02. The van der Waals surface area contributed by atoms with Crippen LogP contribution in [-0.4, -0.2) is 18.5 Å². The zero-order chi connectivity index (χ0) is 23.4. The van der Waals surface area contributed by atoms with Crippen LogP contribution in [0.5, 0.6) is 11.5 Å². The summed E-state index contributed by atoms with van der Waals surface area (Å²) >= 11 is 12.2. The first-order valence-electron chi connectivity index (χ1n) is 10.4. The third-order valence-corrected chi connectivity index (χ3v) is 5.56. The molecule has 0 bridgehead atoms. The van der Waals surface area contributed by atoms with E-state index in [0.29, 0.717) is 40.3 Å². The van der Waals surface area contributed by atoms with Crippen LogP contribution in [0.25, 0.3) is 6.08 Å². The van der Waals surface area contributed by atoms with Crippen LogP contribution in [0.15, 0.2) is 71.4 Å². The summed E-state index contributed by atoms with van der Waals surface area (Å²) in [6.07, 6.45) is 1.63. The van der Waals surface area contributed by atoms with Gasteiger partial charge in [0, 0.05) is 5.02 Å². The van der Waals surface area contributed by atoms with E-state index < -0.39 is 5.97 Å². The molecular formula is C26H21Cl2NO4. The lowest BCUT2D eigenvalue weighted by molar-refractivity contribution is -0.129. The topological polar surface area (TPSA) is 57.1 Å². The van der Waals surface area contributed by atoms with E-state index in [1.807, 2.05) is 50.2 Å². The van der Waals surface area contributed by atoms with Crippen molar-refractivity contribution in [3.63, 3.8) is 0 Å². The molecule has 33 heavy (non-hydrogen) atoms. The Hall–Kier alpha value is -3.28. The number of benzene rings is 3. The molecule has 3 aromatic rings. The maximum Gasteiger partial charge on any atom is 0.363 e. The van der Waals surface area contributed by atoms with E-state index in [1.54, 1.807) is 30.3 Å². The summed E-state index contributed by atoms with van der Waals surface area (Å²) in [5, 5.41) is 0.856. The van der Waals surface area contributed by atoms with Crippen molar-refractivity contribution in [2.75, 3.05) is 6.61 Å². The molecule has 1 aliphatic rings. The van der Waals surface area contributed by atoms with Crippen LogP contribution in [0, 0.1) is 6.92 Å². The Labute approximate surface area is 202 Å². The average molecular weight is 482 g/mol. The molecule has 0 aliphatic carbocycles. The number of esters is 1. The van der Waals surface area contributed by atoms with Crippen molar-refractivity contribution >= 4 is 41.1 Å². The van der Waals surface area contributed by atoms with Crippen molar-refractivity contribution in [1.29, 1.82) is 0 Å². The lowest BCUT2D eigenvalue weighted by Gasteiger charge is -2.13. The summed E-state index contributed by atoms with van der Waals surface area (Å²) in [5.74, 6) is 0.737. The molecular weight excluding hydrogens is 461 g/mol. The van der Waals surface area contributed by atoms with Gasteiger partial charge in [0.25, 0.3) is 0 Å². The Bertz CT molecular complexity index is 1270. The van der Waals surface area contributed by atoms with E-state index in [1.165, 1.54) is 0 Å². The predicted molar refractivity (Wildman–Crippen MR) is 130 cm³/mol. The second-order valence-corrected chi connectivity index (χ2v) is 8.16. The summed E-state index contributed by atoms with van der Waals surface area (Å²) < 4.78 is 17.1. The zero-order valence-electron chi connectivity index (χ0n) is 18.1. The fraction of sp³-hybridized carbons (Fsp3) is 0.154. The second kappa shape index (κ2) is 10.1. The number of aryl methyl sites for hydroxylation is 1. The molecule has 1 aliphatic heterocycles. The molecule has 0 radical (unpaired) electrons. The number of ether oxygens (including phenoxy) is 3. The molecule has 0 saturated heterocycles. The summed E-state index contributed by atoms with van der Waals surface area (Å²) in [6.45, 7) is 4.84. The minimum Gasteiger partial charge on any atom is -0.490 e. The number of cyclic esters (lactones) is 1. The number of aliphatic imine (C=N–C) groups is 1. The highest BCUT2D eigenvalue weighted by molar-refractivity contribution is 6.36. The van der Waals surface area contributed by atoms with Gasteiger partial charge in [-0.1, -0.05) is 53.5 Å². The highest BCUT2D eigenvalue weighted by atomic mass is 35.5. The van der Waals surface area contributed by atoms with E-state index in [4.69, 9.17) is 37.4 Å². The molecule has 1 heterocycles. The Morgan fingerprint density at radius 3 is 2.61 bits per heavy atom. The third-order valence-electron chi connectivity index (χ3n) is 4.99. The highest BCUT2D eigenvalue weighted by Gasteiger charge is 2.26. The number of carbonyl (C=O) groups is 1. The van der Waals surface area contributed by atoms with Crippen LogP contribution in [0.2, 0.25) is 10.0 Å². The van der Waals surface area contributed by atoms with Crippen molar-refractivity contribution in [1.82, 2.24) is 0 Å². The van der Waals surface area contributed by atoms with Crippen molar-refractivity contribution < 1.29 is 19.0 Å². The monoisotopic (exact) mass is 481 g/mol. The SMILES string of the molecule is CCOc1cc(C=C2N=C(c3cc(Cl)ccc3Cl)OC2=O)ccc1OCc1ccccc1C.